The van der Waals surface area contributed by atoms with Gasteiger partial charge in [0.1, 0.15) is 26.3 Å². The number of likely N-dealkylation sites (N-methyl/N-ethyl adjacent to an activating group) is 2. The van der Waals surface area contributed by atoms with Crippen LogP contribution < -0.4 is 0 Å². The lowest BCUT2D eigenvalue weighted by molar-refractivity contribution is -0.909. The van der Waals surface area contributed by atoms with Crippen LogP contribution >= 0.6 is 0 Å². The summed E-state index contributed by atoms with van der Waals surface area (Å²) in [5, 5.41) is 0. The number of quaternary nitrogens is 2. The number of ether oxygens (including phenoxy) is 2. The summed E-state index contributed by atoms with van der Waals surface area (Å²) in [6.45, 7) is 9.29. The topological polar surface area (TPSA) is 52.6 Å². The van der Waals surface area contributed by atoms with Crippen molar-refractivity contribution in [3.63, 3.8) is 0 Å². The van der Waals surface area contributed by atoms with Crippen molar-refractivity contribution in [2.24, 2.45) is 0 Å². The van der Waals surface area contributed by atoms with Gasteiger partial charge >= 0.3 is 11.9 Å². The molecular formula is C39H80N2O4+2. The summed E-state index contributed by atoms with van der Waals surface area (Å²) in [7, 11) is 8.87. The molecule has 0 fully saturated rings. The Morgan fingerprint density at radius 2 is 0.644 bits per heavy atom. The lowest BCUT2D eigenvalue weighted by Gasteiger charge is -2.33. The van der Waals surface area contributed by atoms with Crippen molar-refractivity contribution in [3.8, 4) is 0 Å². The molecule has 0 aromatic heterocycles. The van der Waals surface area contributed by atoms with E-state index in [2.05, 4.69) is 42.0 Å². The number of hydrogen-bond donors (Lipinski definition) is 0. The molecular weight excluding hydrogens is 560 g/mol. The molecule has 6 heteroatoms. The molecule has 0 atom stereocenters. The van der Waals surface area contributed by atoms with Gasteiger partial charge in [0.15, 0.2) is 0 Å². The van der Waals surface area contributed by atoms with Gasteiger partial charge in [-0.3, -0.25) is 9.59 Å². The second kappa shape index (κ2) is 30.2. The smallest absolute Gasteiger partial charge is 0.305 e. The van der Waals surface area contributed by atoms with Gasteiger partial charge in [0.2, 0.25) is 0 Å². The molecule has 0 aromatic carbocycles. The molecule has 0 aliphatic heterocycles. The van der Waals surface area contributed by atoms with Crippen LogP contribution in [0.3, 0.4) is 0 Å². The highest BCUT2D eigenvalue weighted by Crippen LogP contribution is 2.14. The maximum Gasteiger partial charge on any atom is 0.305 e. The molecule has 0 radical (unpaired) electrons. The van der Waals surface area contributed by atoms with Gasteiger partial charge in [0.25, 0.3) is 0 Å². The third kappa shape index (κ3) is 32.6. The van der Waals surface area contributed by atoms with Crippen LogP contribution in [-0.2, 0) is 19.1 Å². The maximum atomic E-state index is 12.2. The second-order valence-corrected chi connectivity index (χ2v) is 15.1. The maximum absolute atomic E-state index is 12.2. The van der Waals surface area contributed by atoms with Crippen molar-refractivity contribution in [2.45, 2.75) is 174 Å². The highest BCUT2D eigenvalue weighted by molar-refractivity contribution is 5.69. The van der Waals surface area contributed by atoms with Gasteiger partial charge < -0.3 is 18.4 Å². The molecule has 45 heavy (non-hydrogen) atoms. The molecule has 0 spiro atoms. The molecule has 0 rings (SSSR count). The van der Waals surface area contributed by atoms with Crippen LogP contribution in [-0.4, -0.2) is 88.5 Å². The first-order valence-electron chi connectivity index (χ1n) is 19.6. The second-order valence-electron chi connectivity index (χ2n) is 15.1. The molecule has 0 aliphatic carbocycles. The molecule has 6 nitrogen and oxygen atoms in total. The number of esters is 2. The predicted octanol–water partition coefficient (Wildman–Crippen LogP) is 10.0. The fourth-order valence-electron chi connectivity index (χ4n) is 5.98. The highest BCUT2D eigenvalue weighted by atomic mass is 16.5. The van der Waals surface area contributed by atoms with Crippen LogP contribution in [0.4, 0.5) is 0 Å². The van der Waals surface area contributed by atoms with Crippen LogP contribution in [0.2, 0.25) is 0 Å². The average Bonchev–Trinajstić information content (AvgIpc) is 2.98. The number of hydrogen-bond acceptors (Lipinski definition) is 4. The summed E-state index contributed by atoms with van der Waals surface area (Å²) < 4.78 is 12.8. The standard InChI is InChI=1S/C39H80N2O4/c1-7-9-11-13-15-17-19-21-23-25-27-30-38(42)44-36-34-40(3,4)32-29-33-41(5,6)35-37-45-39(43)31-28-26-24-22-20-18-16-14-12-10-8-2/h7-37H2,1-6H3/q+2. The number of carbonyl (C=O) groups excluding carboxylic acids is 2. The van der Waals surface area contributed by atoms with Gasteiger partial charge in [-0.25, -0.2) is 0 Å². The lowest BCUT2D eigenvalue weighted by atomic mass is 10.1. The quantitative estimate of drug-likeness (QED) is 0.0399. The summed E-state index contributed by atoms with van der Waals surface area (Å²) in [4.78, 5) is 24.3. The van der Waals surface area contributed by atoms with E-state index in [1.807, 2.05) is 0 Å². The molecule has 0 saturated heterocycles. The minimum Gasteiger partial charge on any atom is -0.460 e. The van der Waals surface area contributed by atoms with Crippen LogP contribution in [0.5, 0.6) is 0 Å². The van der Waals surface area contributed by atoms with Crippen LogP contribution in [0.15, 0.2) is 0 Å². The zero-order valence-electron chi connectivity index (χ0n) is 31.4. The number of unbranched alkanes of at least 4 members (excludes halogenated alkanes) is 20. The minimum absolute atomic E-state index is 0.0400. The third-order valence-electron chi connectivity index (χ3n) is 9.42. The molecule has 0 bridgehead atoms. The number of carbonyl (C=O) groups is 2. The van der Waals surface area contributed by atoms with Crippen molar-refractivity contribution in [3.05, 3.63) is 0 Å². The van der Waals surface area contributed by atoms with Crippen molar-refractivity contribution in [2.75, 3.05) is 67.6 Å². The molecule has 0 aromatic rings. The first-order valence-corrected chi connectivity index (χ1v) is 19.6. The van der Waals surface area contributed by atoms with Gasteiger partial charge in [-0.2, -0.15) is 0 Å². The van der Waals surface area contributed by atoms with E-state index in [-0.39, 0.29) is 11.9 Å². The first kappa shape index (κ1) is 43.9. The van der Waals surface area contributed by atoms with E-state index >= 15 is 0 Å². The summed E-state index contributed by atoms with van der Waals surface area (Å²) in [5.74, 6) is -0.0801. The Kier molecular flexibility index (Phi) is 29.4. The SMILES string of the molecule is CCCCCCCCCCCCCC(=O)OCC[N+](C)(C)CCC[N+](C)(C)CCOC(=O)CCCCCCCCCCCCC. The molecule has 0 amide bonds. The molecule has 268 valence electrons. The Bertz CT molecular complexity index is 624. The normalized spacial score (nSPS) is 12.0. The van der Waals surface area contributed by atoms with E-state index in [0.29, 0.717) is 26.1 Å². The van der Waals surface area contributed by atoms with Gasteiger partial charge in [0, 0.05) is 19.3 Å². The fraction of sp³-hybridized carbons (Fsp3) is 0.949. The van der Waals surface area contributed by atoms with E-state index in [9.17, 15) is 9.59 Å². The molecule has 0 N–H and O–H groups in total. The summed E-state index contributed by atoms with van der Waals surface area (Å²) in [6.07, 6.45) is 30.6. The summed E-state index contributed by atoms with van der Waals surface area (Å²) >= 11 is 0. The Morgan fingerprint density at radius 3 is 0.933 bits per heavy atom. The average molecular weight is 641 g/mol. The zero-order chi connectivity index (χ0) is 33.5. The van der Waals surface area contributed by atoms with Gasteiger partial charge in [0.05, 0.1) is 41.3 Å². The molecule has 0 heterocycles. The van der Waals surface area contributed by atoms with E-state index < -0.39 is 0 Å². The Labute approximate surface area is 281 Å². The van der Waals surface area contributed by atoms with Crippen molar-refractivity contribution in [1.29, 1.82) is 0 Å². The van der Waals surface area contributed by atoms with Crippen LogP contribution in [0.1, 0.15) is 174 Å². The zero-order valence-corrected chi connectivity index (χ0v) is 31.4. The predicted molar refractivity (Wildman–Crippen MR) is 192 cm³/mol. The van der Waals surface area contributed by atoms with Crippen molar-refractivity contribution >= 4 is 11.9 Å². The van der Waals surface area contributed by atoms with Crippen LogP contribution in [0.25, 0.3) is 0 Å². The largest absolute Gasteiger partial charge is 0.460 e. The highest BCUT2D eigenvalue weighted by Gasteiger charge is 2.21. The van der Waals surface area contributed by atoms with E-state index in [1.165, 1.54) is 116 Å². The van der Waals surface area contributed by atoms with E-state index in [4.69, 9.17) is 9.47 Å². The Morgan fingerprint density at radius 1 is 0.378 bits per heavy atom. The number of rotatable bonds is 34. The van der Waals surface area contributed by atoms with Gasteiger partial charge in [-0.05, 0) is 12.8 Å². The van der Waals surface area contributed by atoms with E-state index in [0.717, 1.165) is 67.2 Å². The monoisotopic (exact) mass is 641 g/mol. The lowest BCUT2D eigenvalue weighted by Crippen LogP contribution is -2.47. The van der Waals surface area contributed by atoms with Crippen molar-refractivity contribution < 1.29 is 28.0 Å². The van der Waals surface area contributed by atoms with E-state index in [1.54, 1.807) is 0 Å². The molecule has 0 aliphatic rings. The van der Waals surface area contributed by atoms with Gasteiger partial charge in [-0.15, -0.1) is 0 Å². The summed E-state index contributed by atoms with van der Waals surface area (Å²) in [6, 6.07) is 0. The van der Waals surface area contributed by atoms with Gasteiger partial charge in [-0.1, -0.05) is 142 Å². The number of nitrogens with zero attached hydrogens (tertiary/aromatic N) is 2. The molecule has 0 unspecified atom stereocenters. The van der Waals surface area contributed by atoms with Crippen LogP contribution in [0, 0.1) is 0 Å². The van der Waals surface area contributed by atoms with Crippen molar-refractivity contribution in [1.82, 2.24) is 0 Å². The fourth-order valence-corrected chi connectivity index (χ4v) is 5.98. The summed E-state index contributed by atoms with van der Waals surface area (Å²) in [5.41, 5.74) is 0. The Balaban J connectivity index is 3.73. The Hall–Kier alpha value is -1.14. The third-order valence-corrected chi connectivity index (χ3v) is 9.42. The minimum atomic E-state index is -0.0400. The first-order chi connectivity index (χ1) is 21.6. The molecule has 0 saturated carbocycles.